The normalized spacial score (nSPS) is 10.0. The predicted molar refractivity (Wildman–Crippen MR) is 81.3 cm³/mol. The Bertz CT molecular complexity index is 678. The number of nitrogens with two attached hydrogens (primary N) is 1. The van der Waals surface area contributed by atoms with E-state index in [1.54, 1.807) is 37.4 Å². The van der Waals surface area contributed by atoms with E-state index in [4.69, 9.17) is 10.5 Å². The first-order valence-corrected chi connectivity index (χ1v) is 6.37. The average Bonchev–Trinajstić information content (AvgIpc) is 2.46. The van der Waals surface area contributed by atoms with Crippen molar-refractivity contribution in [3.05, 3.63) is 48.0 Å². The van der Waals surface area contributed by atoms with Gasteiger partial charge in [-0.05, 0) is 35.9 Å². The van der Waals surface area contributed by atoms with Gasteiger partial charge in [-0.1, -0.05) is 12.1 Å². The fraction of sp³-hybridized carbons (Fsp3) is 0.125. The largest absolute Gasteiger partial charge is 0.496 e. The molecule has 2 amide bonds. The van der Waals surface area contributed by atoms with E-state index >= 15 is 0 Å². The molecule has 0 unspecified atom stereocenters. The highest BCUT2D eigenvalue weighted by Crippen LogP contribution is 2.31. The van der Waals surface area contributed by atoms with Crippen LogP contribution in [-0.4, -0.2) is 18.9 Å². The van der Waals surface area contributed by atoms with Gasteiger partial charge in [-0.25, -0.2) is 0 Å². The number of primary amides is 1. The number of benzene rings is 2. The maximum atomic E-state index is 11.3. The van der Waals surface area contributed by atoms with Crippen molar-refractivity contribution >= 4 is 17.5 Å². The number of hydrogen-bond donors (Lipinski definition) is 2. The van der Waals surface area contributed by atoms with Gasteiger partial charge >= 0.3 is 0 Å². The summed E-state index contributed by atoms with van der Waals surface area (Å²) in [5.41, 5.74) is 8.05. The zero-order chi connectivity index (χ0) is 15.4. The molecular formula is C16H16N2O3. The van der Waals surface area contributed by atoms with Gasteiger partial charge < -0.3 is 15.8 Å². The van der Waals surface area contributed by atoms with Gasteiger partial charge in [0.2, 0.25) is 11.8 Å². The molecule has 0 aliphatic carbocycles. The fourth-order valence-electron chi connectivity index (χ4n) is 2.02. The number of methoxy groups -OCH3 is 1. The molecule has 0 fully saturated rings. The zero-order valence-electron chi connectivity index (χ0n) is 11.8. The summed E-state index contributed by atoms with van der Waals surface area (Å²) < 4.78 is 5.31. The van der Waals surface area contributed by atoms with E-state index in [1.807, 2.05) is 12.1 Å². The van der Waals surface area contributed by atoms with Crippen molar-refractivity contribution in [3.63, 3.8) is 0 Å². The topological polar surface area (TPSA) is 81.4 Å². The Morgan fingerprint density at radius 3 is 2.29 bits per heavy atom. The maximum absolute atomic E-state index is 11.3. The van der Waals surface area contributed by atoms with Gasteiger partial charge in [0.25, 0.3) is 0 Å². The molecular weight excluding hydrogens is 268 g/mol. The van der Waals surface area contributed by atoms with Crippen LogP contribution in [0.25, 0.3) is 11.1 Å². The SMILES string of the molecule is COc1ccc(C(N)=O)cc1-c1ccc(NC(C)=O)cc1. The number of ether oxygens (including phenoxy) is 1. The van der Waals surface area contributed by atoms with Gasteiger partial charge in [-0.2, -0.15) is 0 Å². The Morgan fingerprint density at radius 1 is 1.10 bits per heavy atom. The molecule has 21 heavy (non-hydrogen) atoms. The van der Waals surface area contributed by atoms with Crippen LogP contribution in [-0.2, 0) is 4.79 Å². The number of carbonyl (C=O) groups excluding carboxylic acids is 2. The smallest absolute Gasteiger partial charge is 0.248 e. The second-order valence-corrected chi connectivity index (χ2v) is 4.54. The fourth-order valence-corrected chi connectivity index (χ4v) is 2.02. The lowest BCUT2D eigenvalue weighted by molar-refractivity contribution is -0.114. The Morgan fingerprint density at radius 2 is 1.76 bits per heavy atom. The van der Waals surface area contributed by atoms with E-state index in [0.717, 1.165) is 11.1 Å². The molecule has 0 aliphatic rings. The molecule has 5 nitrogen and oxygen atoms in total. The third kappa shape index (κ3) is 3.39. The molecule has 108 valence electrons. The van der Waals surface area contributed by atoms with Crippen molar-refractivity contribution < 1.29 is 14.3 Å². The minimum Gasteiger partial charge on any atom is -0.496 e. The number of hydrogen-bond acceptors (Lipinski definition) is 3. The van der Waals surface area contributed by atoms with Gasteiger partial charge in [0.1, 0.15) is 5.75 Å². The van der Waals surface area contributed by atoms with Crippen molar-refractivity contribution in [2.75, 3.05) is 12.4 Å². The summed E-state index contributed by atoms with van der Waals surface area (Å²) in [7, 11) is 1.56. The first-order valence-electron chi connectivity index (χ1n) is 6.37. The molecule has 2 aromatic carbocycles. The lowest BCUT2D eigenvalue weighted by Crippen LogP contribution is -2.11. The Hall–Kier alpha value is -2.82. The van der Waals surface area contributed by atoms with Crippen molar-refractivity contribution in [2.45, 2.75) is 6.92 Å². The highest BCUT2D eigenvalue weighted by molar-refractivity contribution is 5.95. The summed E-state index contributed by atoms with van der Waals surface area (Å²) in [5.74, 6) is 0.0251. The van der Waals surface area contributed by atoms with Crippen LogP contribution >= 0.6 is 0 Å². The van der Waals surface area contributed by atoms with E-state index in [1.165, 1.54) is 6.92 Å². The summed E-state index contributed by atoms with van der Waals surface area (Å²) in [4.78, 5) is 22.3. The Labute approximate surface area is 122 Å². The summed E-state index contributed by atoms with van der Waals surface area (Å²) in [5, 5.41) is 2.70. The quantitative estimate of drug-likeness (QED) is 0.904. The van der Waals surface area contributed by atoms with Crippen LogP contribution < -0.4 is 15.8 Å². The van der Waals surface area contributed by atoms with Gasteiger partial charge in [0, 0.05) is 23.7 Å². The Balaban J connectivity index is 2.42. The van der Waals surface area contributed by atoms with Crippen LogP contribution in [0.4, 0.5) is 5.69 Å². The first-order chi connectivity index (χ1) is 10.0. The van der Waals surface area contributed by atoms with E-state index in [9.17, 15) is 9.59 Å². The van der Waals surface area contributed by atoms with E-state index in [0.29, 0.717) is 17.0 Å². The highest BCUT2D eigenvalue weighted by atomic mass is 16.5. The summed E-state index contributed by atoms with van der Waals surface area (Å²) in [6.45, 7) is 1.45. The lowest BCUT2D eigenvalue weighted by atomic mass is 10.0. The molecule has 0 aromatic heterocycles. The summed E-state index contributed by atoms with van der Waals surface area (Å²) in [6.07, 6.45) is 0. The molecule has 0 spiro atoms. The van der Waals surface area contributed by atoms with E-state index in [-0.39, 0.29) is 5.91 Å². The Kier molecular flexibility index (Phi) is 4.23. The lowest BCUT2D eigenvalue weighted by Gasteiger charge is -2.11. The zero-order valence-corrected chi connectivity index (χ0v) is 11.8. The molecule has 2 rings (SSSR count). The van der Waals surface area contributed by atoms with Crippen LogP contribution in [0.3, 0.4) is 0 Å². The number of amides is 2. The second kappa shape index (κ2) is 6.09. The third-order valence-corrected chi connectivity index (χ3v) is 3.00. The molecule has 0 bridgehead atoms. The van der Waals surface area contributed by atoms with Crippen molar-refractivity contribution in [2.24, 2.45) is 5.73 Å². The first kappa shape index (κ1) is 14.6. The van der Waals surface area contributed by atoms with E-state index < -0.39 is 5.91 Å². The molecule has 0 atom stereocenters. The monoisotopic (exact) mass is 284 g/mol. The van der Waals surface area contributed by atoms with Crippen LogP contribution in [0.15, 0.2) is 42.5 Å². The van der Waals surface area contributed by atoms with Crippen LogP contribution in [0.5, 0.6) is 5.75 Å². The molecule has 0 heterocycles. The van der Waals surface area contributed by atoms with Crippen LogP contribution in [0.2, 0.25) is 0 Å². The number of nitrogens with one attached hydrogen (secondary N) is 1. The molecule has 0 radical (unpaired) electrons. The highest BCUT2D eigenvalue weighted by Gasteiger charge is 2.10. The molecule has 5 heteroatoms. The van der Waals surface area contributed by atoms with Crippen LogP contribution in [0, 0.1) is 0 Å². The number of rotatable bonds is 4. The van der Waals surface area contributed by atoms with Crippen LogP contribution in [0.1, 0.15) is 17.3 Å². The van der Waals surface area contributed by atoms with Crippen molar-refractivity contribution in [1.82, 2.24) is 0 Å². The van der Waals surface area contributed by atoms with Gasteiger partial charge in [0.05, 0.1) is 7.11 Å². The average molecular weight is 284 g/mol. The van der Waals surface area contributed by atoms with Crippen molar-refractivity contribution in [1.29, 1.82) is 0 Å². The van der Waals surface area contributed by atoms with Gasteiger partial charge in [-0.3, -0.25) is 9.59 Å². The number of carbonyl (C=O) groups is 2. The van der Waals surface area contributed by atoms with E-state index in [2.05, 4.69) is 5.32 Å². The number of anilines is 1. The molecule has 0 saturated heterocycles. The second-order valence-electron chi connectivity index (χ2n) is 4.54. The maximum Gasteiger partial charge on any atom is 0.248 e. The van der Waals surface area contributed by atoms with Gasteiger partial charge in [0.15, 0.2) is 0 Å². The molecule has 3 N–H and O–H groups in total. The molecule has 0 saturated carbocycles. The minimum absolute atomic E-state index is 0.129. The van der Waals surface area contributed by atoms with Gasteiger partial charge in [-0.15, -0.1) is 0 Å². The third-order valence-electron chi connectivity index (χ3n) is 3.00. The predicted octanol–water partition coefficient (Wildman–Crippen LogP) is 2.42. The minimum atomic E-state index is -0.492. The summed E-state index contributed by atoms with van der Waals surface area (Å²) in [6, 6.07) is 12.3. The standard InChI is InChI=1S/C16H16N2O3/c1-10(19)18-13-6-3-11(4-7-13)14-9-12(16(17)20)5-8-15(14)21-2/h3-9H,1-2H3,(H2,17,20)(H,18,19). The van der Waals surface area contributed by atoms with Crippen molar-refractivity contribution in [3.8, 4) is 16.9 Å². The molecule has 2 aromatic rings. The summed E-state index contributed by atoms with van der Waals surface area (Å²) >= 11 is 0. The molecule has 0 aliphatic heterocycles.